The lowest BCUT2D eigenvalue weighted by Crippen LogP contribution is -2.20. The van der Waals surface area contributed by atoms with Crippen molar-refractivity contribution in [3.05, 3.63) is 63.4 Å². The Kier molecular flexibility index (Phi) is 5.23. The lowest BCUT2D eigenvalue weighted by molar-refractivity contribution is -0.384. The molecule has 0 bridgehead atoms. The third-order valence-corrected chi connectivity index (χ3v) is 3.92. The number of nitro groups is 1. The highest BCUT2D eigenvalue weighted by molar-refractivity contribution is 9.10. The van der Waals surface area contributed by atoms with E-state index in [0.29, 0.717) is 21.8 Å². The first-order valence-electron chi connectivity index (χ1n) is 7.26. The van der Waals surface area contributed by atoms with Gasteiger partial charge >= 0.3 is 0 Å². The number of hydrogen-bond acceptors (Lipinski definition) is 7. The topological polar surface area (TPSA) is 120 Å². The number of anilines is 1. The Morgan fingerprint density at radius 2 is 2.04 bits per heavy atom. The minimum absolute atomic E-state index is 0.0764. The Hall–Kier alpha value is -3.27. The first-order valence-corrected chi connectivity index (χ1v) is 8.05. The number of nitrogens with one attached hydrogen (secondary N) is 1. The van der Waals surface area contributed by atoms with Gasteiger partial charge in [0.25, 0.3) is 11.6 Å². The van der Waals surface area contributed by atoms with Crippen LogP contribution >= 0.6 is 15.9 Å². The summed E-state index contributed by atoms with van der Waals surface area (Å²) >= 11 is 3.19. The van der Waals surface area contributed by atoms with Crippen molar-refractivity contribution in [2.45, 2.75) is 0 Å². The molecule has 0 radical (unpaired) electrons. The molecule has 0 unspecified atom stereocenters. The second kappa shape index (κ2) is 7.74. The van der Waals surface area contributed by atoms with Crippen molar-refractivity contribution in [2.24, 2.45) is 0 Å². The highest BCUT2D eigenvalue weighted by atomic mass is 79.9. The Labute approximate surface area is 155 Å². The first-order chi connectivity index (χ1) is 12.5. The summed E-state index contributed by atoms with van der Waals surface area (Å²) in [5, 5.41) is 20.7. The van der Waals surface area contributed by atoms with E-state index in [1.807, 2.05) is 0 Å². The number of hydrogen-bond donors (Lipinski definition) is 1. The minimum atomic E-state index is -0.516. The molecule has 0 spiro atoms. The number of carbonyl (C=O) groups is 1. The van der Waals surface area contributed by atoms with Crippen molar-refractivity contribution in [1.82, 2.24) is 10.2 Å². The summed E-state index contributed by atoms with van der Waals surface area (Å²) in [6, 6.07) is 10.9. The van der Waals surface area contributed by atoms with Crippen LogP contribution in [0.4, 0.5) is 11.4 Å². The smallest absolute Gasteiger partial charge is 0.270 e. The van der Waals surface area contributed by atoms with Gasteiger partial charge in [-0.25, -0.2) is 0 Å². The molecular formula is C16H11BrN4O5. The number of benzene rings is 2. The molecule has 0 aliphatic carbocycles. The van der Waals surface area contributed by atoms with E-state index in [4.69, 9.17) is 9.15 Å². The zero-order valence-electron chi connectivity index (χ0n) is 13.1. The SMILES string of the molecule is O=C(COc1ccc(-c2nnco2)cc1)Nc1ccc([N+](=O)[O-])cc1Br. The lowest BCUT2D eigenvalue weighted by Gasteiger charge is -2.09. The highest BCUT2D eigenvalue weighted by Gasteiger charge is 2.12. The molecule has 1 aromatic heterocycles. The van der Waals surface area contributed by atoms with Gasteiger partial charge in [0.1, 0.15) is 5.75 Å². The Morgan fingerprint density at radius 1 is 1.27 bits per heavy atom. The van der Waals surface area contributed by atoms with Gasteiger partial charge in [0.15, 0.2) is 6.61 Å². The normalized spacial score (nSPS) is 10.3. The maximum atomic E-state index is 12.0. The van der Waals surface area contributed by atoms with Gasteiger partial charge in [0, 0.05) is 22.2 Å². The average Bonchev–Trinajstić information content (AvgIpc) is 3.16. The van der Waals surface area contributed by atoms with E-state index in [1.165, 1.54) is 24.6 Å². The second-order valence-electron chi connectivity index (χ2n) is 5.03. The molecule has 3 rings (SSSR count). The van der Waals surface area contributed by atoms with Crippen LogP contribution in [0.3, 0.4) is 0 Å². The summed E-state index contributed by atoms with van der Waals surface area (Å²) in [5.74, 6) is 0.476. The van der Waals surface area contributed by atoms with E-state index in [0.717, 1.165) is 5.56 Å². The van der Waals surface area contributed by atoms with Gasteiger partial charge in [0.05, 0.1) is 10.6 Å². The molecule has 2 aromatic carbocycles. The molecule has 0 atom stereocenters. The van der Waals surface area contributed by atoms with E-state index >= 15 is 0 Å². The van der Waals surface area contributed by atoms with Gasteiger partial charge in [-0.3, -0.25) is 14.9 Å². The summed E-state index contributed by atoms with van der Waals surface area (Å²) in [6.07, 6.45) is 1.24. The number of rotatable bonds is 6. The number of carbonyl (C=O) groups excluding carboxylic acids is 1. The number of nitrogens with zero attached hydrogens (tertiary/aromatic N) is 3. The van der Waals surface area contributed by atoms with Crippen LogP contribution < -0.4 is 10.1 Å². The average molecular weight is 419 g/mol. The molecule has 10 heteroatoms. The van der Waals surface area contributed by atoms with Crippen LogP contribution in [0, 0.1) is 10.1 Å². The number of non-ortho nitro benzene ring substituents is 1. The van der Waals surface area contributed by atoms with Crippen LogP contribution in [0.1, 0.15) is 0 Å². The zero-order valence-corrected chi connectivity index (χ0v) is 14.7. The standard InChI is InChI=1S/C16H11BrN4O5/c17-13-7-11(21(23)24)3-6-14(13)19-15(22)8-25-12-4-1-10(2-5-12)16-20-18-9-26-16/h1-7,9H,8H2,(H,19,22). The molecule has 0 saturated heterocycles. The largest absolute Gasteiger partial charge is 0.484 e. The fraction of sp³-hybridized carbons (Fsp3) is 0.0625. The van der Waals surface area contributed by atoms with Crippen LogP contribution in [-0.4, -0.2) is 27.6 Å². The van der Waals surface area contributed by atoms with Gasteiger partial charge < -0.3 is 14.5 Å². The van der Waals surface area contributed by atoms with Crippen molar-refractivity contribution in [3.8, 4) is 17.2 Å². The molecule has 132 valence electrons. The second-order valence-corrected chi connectivity index (χ2v) is 5.88. The summed E-state index contributed by atoms with van der Waals surface area (Å²) < 4.78 is 10.9. The summed E-state index contributed by atoms with van der Waals surface area (Å²) in [7, 11) is 0. The number of halogens is 1. The van der Waals surface area contributed by atoms with Crippen LogP contribution in [0.25, 0.3) is 11.5 Å². The van der Waals surface area contributed by atoms with Crippen molar-refractivity contribution in [2.75, 3.05) is 11.9 Å². The van der Waals surface area contributed by atoms with Crippen LogP contribution in [0.5, 0.6) is 5.75 Å². The molecule has 0 aliphatic rings. The van der Waals surface area contributed by atoms with Gasteiger partial charge in [0.2, 0.25) is 12.3 Å². The third-order valence-electron chi connectivity index (χ3n) is 3.27. The van der Waals surface area contributed by atoms with Crippen molar-refractivity contribution in [3.63, 3.8) is 0 Å². The Morgan fingerprint density at radius 3 is 2.65 bits per heavy atom. The summed E-state index contributed by atoms with van der Waals surface area (Å²) in [5.41, 5.74) is 1.07. The molecule has 0 fully saturated rings. The highest BCUT2D eigenvalue weighted by Crippen LogP contribution is 2.27. The molecular weight excluding hydrogens is 408 g/mol. The number of amides is 1. The summed E-state index contributed by atoms with van der Waals surface area (Å²) in [4.78, 5) is 22.2. The zero-order chi connectivity index (χ0) is 18.5. The predicted octanol–water partition coefficient (Wildman–Crippen LogP) is 3.42. The lowest BCUT2D eigenvalue weighted by atomic mass is 10.2. The van der Waals surface area contributed by atoms with Crippen molar-refractivity contribution in [1.29, 1.82) is 0 Å². The molecule has 0 aliphatic heterocycles. The molecule has 26 heavy (non-hydrogen) atoms. The molecule has 3 aromatic rings. The quantitative estimate of drug-likeness (QED) is 0.480. The minimum Gasteiger partial charge on any atom is -0.484 e. The van der Waals surface area contributed by atoms with E-state index in [-0.39, 0.29) is 12.3 Å². The fourth-order valence-electron chi connectivity index (χ4n) is 2.05. The van der Waals surface area contributed by atoms with E-state index < -0.39 is 10.8 Å². The number of nitro benzene ring substituents is 1. The maximum absolute atomic E-state index is 12.0. The van der Waals surface area contributed by atoms with E-state index in [2.05, 4.69) is 31.4 Å². The predicted molar refractivity (Wildman–Crippen MR) is 94.7 cm³/mol. The first kappa shape index (κ1) is 17.5. The van der Waals surface area contributed by atoms with E-state index in [1.54, 1.807) is 24.3 Å². The number of ether oxygens (including phenoxy) is 1. The molecule has 0 saturated carbocycles. The Bertz CT molecular complexity index is 928. The van der Waals surface area contributed by atoms with Gasteiger partial charge in [-0.15, -0.1) is 10.2 Å². The van der Waals surface area contributed by atoms with Gasteiger partial charge in [-0.05, 0) is 46.3 Å². The molecule has 9 nitrogen and oxygen atoms in total. The summed E-state index contributed by atoms with van der Waals surface area (Å²) in [6.45, 7) is -0.219. The Balaban J connectivity index is 1.56. The van der Waals surface area contributed by atoms with Crippen LogP contribution in [0.15, 0.2) is 57.7 Å². The monoisotopic (exact) mass is 418 g/mol. The fourth-order valence-corrected chi connectivity index (χ4v) is 2.51. The molecule has 1 amide bonds. The number of aromatic nitrogens is 2. The van der Waals surface area contributed by atoms with Crippen LogP contribution in [0.2, 0.25) is 0 Å². The van der Waals surface area contributed by atoms with Crippen molar-refractivity contribution >= 4 is 33.2 Å². The van der Waals surface area contributed by atoms with Crippen LogP contribution in [-0.2, 0) is 4.79 Å². The third kappa shape index (κ3) is 4.22. The van der Waals surface area contributed by atoms with Gasteiger partial charge in [-0.2, -0.15) is 0 Å². The van der Waals surface area contributed by atoms with Crippen molar-refractivity contribution < 1.29 is 18.9 Å². The van der Waals surface area contributed by atoms with Gasteiger partial charge in [-0.1, -0.05) is 0 Å². The van der Waals surface area contributed by atoms with E-state index in [9.17, 15) is 14.9 Å². The molecule has 1 N–H and O–H groups in total. The molecule has 1 heterocycles. The maximum Gasteiger partial charge on any atom is 0.270 e.